The van der Waals surface area contributed by atoms with Gasteiger partial charge in [0.15, 0.2) is 0 Å². The summed E-state index contributed by atoms with van der Waals surface area (Å²) in [6, 6.07) is 0. The van der Waals surface area contributed by atoms with Crippen LogP contribution in [0.25, 0.3) is 0 Å². The Kier molecular flexibility index (Phi) is 12400. The zero-order valence-corrected chi connectivity index (χ0v) is 11.8. The molecule has 0 aliphatic carbocycles. The van der Waals surface area contributed by atoms with Crippen molar-refractivity contribution in [3.63, 3.8) is 0 Å². The summed E-state index contributed by atoms with van der Waals surface area (Å²) in [6.45, 7) is 28.5. The standard InChI is InChI=1S/6CN.K.Rh.H/c6*1-2;;;/q6*-1;+1;;-1. The van der Waals surface area contributed by atoms with Gasteiger partial charge in [0.25, 0.3) is 0 Å². The van der Waals surface area contributed by atoms with Crippen LogP contribution in [0.4, 0.5) is 0 Å². The molecule has 1 radical (unpaired) electrons. The van der Waals surface area contributed by atoms with Crippen LogP contribution in [0, 0.1) is 71.0 Å². The van der Waals surface area contributed by atoms with E-state index in [0.29, 0.717) is 0 Å². The minimum Gasteiger partial charge on any atom is -1.00 e. The first kappa shape index (κ1) is 72.7. The Hall–Kier alpha value is -0.800. The van der Waals surface area contributed by atoms with Gasteiger partial charge in [-0.1, -0.05) is 0 Å². The Balaban J connectivity index is -0.00000000396. The van der Waals surface area contributed by atoms with Gasteiger partial charge in [-0.15, -0.1) is 0 Å². The molecule has 0 aromatic carbocycles. The smallest absolute Gasteiger partial charge is 1.00 e. The average Bonchev–Trinajstić information content (AvgIpc) is 2.33. The maximum atomic E-state index is 6.25. The molecule has 0 amide bonds. The van der Waals surface area contributed by atoms with E-state index in [4.69, 9.17) is 71.0 Å². The summed E-state index contributed by atoms with van der Waals surface area (Å²) in [5, 5.41) is 37.5. The van der Waals surface area contributed by atoms with Crippen molar-refractivity contribution in [1.29, 1.82) is 31.6 Å². The first-order valence-electron chi connectivity index (χ1n) is 1.34. The van der Waals surface area contributed by atoms with Gasteiger partial charge in [-0.05, 0) is 0 Å². The van der Waals surface area contributed by atoms with E-state index < -0.39 is 0 Å². The van der Waals surface area contributed by atoms with E-state index in [1.165, 1.54) is 0 Å². The summed E-state index contributed by atoms with van der Waals surface area (Å²) in [5.41, 5.74) is 0. The summed E-state index contributed by atoms with van der Waals surface area (Å²) >= 11 is 0. The van der Waals surface area contributed by atoms with Crippen molar-refractivity contribution < 1.29 is 72.3 Å². The van der Waals surface area contributed by atoms with Gasteiger partial charge < -0.3 is 72.4 Å². The molecule has 0 atom stereocenters. The Labute approximate surface area is 141 Å². The van der Waals surface area contributed by atoms with Gasteiger partial charge in [0.05, 0.1) is 0 Å². The van der Waals surface area contributed by atoms with Crippen LogP contribution in [0.2, 0.25) is 0 Å². The Bertz CT molecular complexity index is 103. The SMILES string of the molecule is [C-]#N.[C-]#N.[C-]#N.[C-]#N.[C-]#N.[C-]#N.[H-].[K+].[Rh]. The van der Waals surface area contributed by atoms with Gasteiger partial charge in [-0.3, -0.25) is 0 Å². The van der Waals surface area contributed by atoms with E-state index in [1.54, 1.807) is 0 Å². The molecule has 0 unspecified atom stereocenters. The predicted molar refractivity (Wildman–Crippen MR) is 30.9 cm³/mol. The molecule has 14 heavy (non-hydrogen) atoms. The van der Waals surface area contributed by atoms with E-state index in [-0.39, 0.29) is 72.3 Å². The second kappa shape index (κ2) is 2390. The molecular weight excluding hydrogens is 298 g/mol. The Morgan fingerprint density at radius 3 is 0.429 bits per heavy atom. The third kappa shape index (κ3) is 1820. The summed E-state index contributed by atoms with van der Waals surface area (Å²) in [5.74, 6) is 0. The molecule has 0 aliphatic heterocycles. The van der Waals surface area contributed by atoms with Crippen LogP contribution >= 0.6 is 0 Å². The van der Waals surface area contributed by atoms with Crippen molar-refractivity contribution in [1.82, 2.24) is 0 Å². The van der Waals surface area contributed by atoms with Gasteiger partial charge in [-0.2, -0.15) is 0 Å². The van der Waals surface area contributed by atoms with Crippen LogP contribution in [-0.4, -0.2) is 0 Å². The molecule has 0 fully saturated rings. The van der Waals surface area contributed by atoms with Crippen LogP contribution in [0.5, 0.6) is 0 Å². The third-order valence-corrected chi connectivity index (χ3v) is 0. The van der Waals surface area contributed by atoms with Gasteiger partial charge in [0.1, 0.15) is 0 Å². The molecule has 0 saturated heterocycles. The maximum absolute atomic E-state index is 6.25. The largest absolute Gasteiger partial charge is 1.00 e. The molecule has 0 rings (SSSR count). The molecule has 0 aromatic heterocycles. The van der Waals surface area contributed by atoms with Crippen LogP contribution in [0.1, 0.15) is 1.43 Å². The van der Waals surface area contributed by atoms with Crippen LogP contribution in [-0.2, 0) is 19.5 Å². The minimum absolute atomic E-state index is 0. The predicted octanol–water partition coefficient (Wildman–Crippen LogP) is -2.31. The van der Waals surface area contributed by atoms with E-state index >= 15 is 0 Å². The molecule has 0 N–H and O–H groups in total. The van der Waals surface area contributed by atoms with Crippen molar-refractivity contribution in [2.45, 2.75) is 0 Å². The average molecular weight is 299 g/mol. The Morgan fingerprint density at radius 2 is 0.429 bits per heavy atom. The van der Waals surface area contributed by atoms with E-state index in [0.717, 1.165) is 0 Å². The number of rotatable bonds is 0. The van der Waals surface area contributed by atoms with Crippen LogP contribution < -0.4 is 51.4 Å². The topological polar surface area (TPSA) is 143 Å². The molecule has 8 heteroatoms. The molecule has 0 saturated carbocycles. The van der Waals surface area contributed by atoms with Crippen LogP contribution in [0.15, 0.2) is 0 Å². The normalized spacial score (nSPS) is 0.857. The Morgan fingerprint density at radius 1 is 0.429 bits per heavy atom. The molecule has 0 spiro atoms. The summed E-state index contributed by atoms with van der Waals surface area (Å²) in [7, 11) is 0. The van der Waals surface area contributed by atoms with Crippen LogP contribution in [0.3, 0.4) is 0 Å². The van der Waals surface area contributed by atoms with Crippen molar-refractivity contribution >= 4 is 0 Å². The first-order valence-corrected chi connectivity index (χ1v) is 1.34. The zero-order chi connectivity index (χ0) is 12.0. The fraction of sp³-hybridized carbons (Fsp3) is 0. The first-order chi connectivity index (χ1) is 6.00. The van der Waals surface area contributed by atoms with Gasteiger partial charge in [-0.25, -0.2) is 0 Å². The molecule has 0 aliphatic rings. The van der Waals surface area contributed by atoms with E-state index in [9.17, 15) is 0 Å². The summed E-state index contributed by atoms with van der Waals surface area (Å²) < 4.78 is 0. The summed E-state index contributed by atoms with van der Waals surface area (Å²) in [4.78, 5) is 0. The molecule has 0 aromatic rings. The monoisotopic (exact) mass is 299 g/mol. The van der Waals surface area contributed by atoms with Crippen molar-refractivity contribution in [3.8, 4) is 0 Å². The van der Waals surface area contributed by atoms with E-state index in [1.807, 2.05) is 0 Å². The van der Waals surface area contributed by atoms with Gasteiger partial charge in [0, 0.05) is 19.5 Å². The minimum atomic E-state index is 0. The van der Waals surface area contributed by atoms with Crippen molar-refractivity contribution in [3.05, 3.63) is 39.4 Å². The van der Waals surface area contributed by atoms with E-state index in [2.05, 4.69) is 0 Å². The molecular formula is C6HKN6Rh-6. The maximum Gasteiger partial charge on any atom is 1.00 e. The second-order valence-electron chi connectivity index (χ2n) is 0. The number of nitrogens with zero attached hydrogens (tertiary/aromatic N) is 6. The van der Waals surface area contributed by atoms with Gasteiger partial charge >= 0.3 is 51.4 Å². The molecule has 71 valence electrons. The zero-order valence-electron chi connectivity index (χ0n) is 8.02. The quantitative estimate of drug-likeness (QED) is 0.363. The fourth-order valence-corrected chi connectivity index (χ4v) is 0. The number of hydrogen-bond donors (Lipinski definition) is 0. The molecule has 0 bridgehead atoms. The van der Waals surface area contributed by atoms with Gasteiger partial charge in [0.2, 0.25) is 0 Å². The second-order valence-corrected chi connectivity index (χ2v) is 0. The molecule has 6 nitrogen and oxygen atoms in total. The number of hydrogen-bond acceptors (Lipinski definition) is 6. The van der Waals surface area contributed by atoms with Crippen molar-refractivity contribution in [2.24, 2.45) is 0 Å². The summed E-state index contributed by atoms with van der Waals surface area (Å²) in [6.07, 6.45) is 0. The fourth-order valence-electron chi connectivity index (χ4n) is 0. The third-order valence-electron chi connectivity index (χ3n) is 0. The van der Waals surface area contributed by atoms with Crippen molar-refractivity contribution in [2.75, 3.05) is 0 Å². The molecule has 0 heterocycles.